The molecule has 0 heterocycles. The van der Waals surface area contributed by atoms with Gasteiger partial charge < -0.3 is 10.6 Å². The van der Waals surface area contributed by atoms with Crippen LogP contribution >= 0.6 is 31.9 Å². The van der Waals surface area contributed by atoms with Crippen molar-refractivity contribution in [2.24, 2.45) is 0 Å². The van der Waals surface area contributed by atoms with Crippen LogP contribution in [0.25, 0.3) is 6.08 Å². The molecule has 2 amide bonds. The molecule has 4 nitrogen and oxygen atoms in total. The van der Waals surface area contributed by atoms with Gasteiger partial charge in [-0.2, -0.15) is 26.3 Å². The van der Waals surface area contributed by atoms with Gasteiger partial charge in [-0.15, -0.1) is 0 Å². The van der Waals surface area contributed by atoms with Crippen LogP contribution in [0.15, 0.2) is 51.4 Å². The first-order valence-corrected chi connectivity index (χ1v) is 11.8. The van der Waals surface area contributed by atoms with Gasteiger partial charge in [0.2, 0.25) is 5.91 Å². The Morgan fingerprint density at radius 3 is 2.14 bits per heavy atom. The van der Waals surface area contributed by atoms with E-state index in [1.54, 1.807) is 0 Å². The Bertz CT molecular complexity index is 1110. The lowest BCUT2D eigenvalue weighted by Gasteiger charge is -2.19. The van der Waals surface area contributed by atoms with E-state index in [1.165, 1.54) is 25.1 Å². The minimum atomic E-state index is -5.02. The van der Waals surface area contributed by atoms with Crippen molar-refractivity contribution in [3.63, 3.8) is 0 Å². The molecule has 0 aliphatic rings. The van der Waals surface area contributed by atoms with Gasteiger partial charge in [0.05, 0.1) is 17.0 Å². The predicted molar refractivity (Wildman–Crippen MR) is 127 cm³/mol. The molecule has 0 radical (unpaired) electrons. The fourth-order valence-corrected chi connectivity index (χ4v) is 4.46. The third kappa shape index (κ3) is 8.32. The van der Waals surface area contributed by atoms with E-state index < -0.39 is 53.9 Å². The van der Waals surface area contributed by atoms with Crippen molar-refractivity contribution < 1.29 is 40.3 Å². The lowest BCUT2D eigenvalue weighted by molar-refractivity contribution is -0.139. The number of benzene rings is 2. The Labute approximate surface area is 218 Å². The Morgan fingerprint density at radius 1 is 1.00 bits per heavy atom. The van der Waals surface area contributed by atoms with E-state index in [1.807, 2.05) is 0 Å². The second-order valence-electron chi connectivity index (χ2n) is 7.56. The Balaban J connectivity index is 2.39. The van der Waals surface area contributed by atoms with Crippen LogP contribution in [0.1, 0.15) is 39.9 Å². The van der Waals surface area contributed by atoms with Gasteiger partial charge in [-0.1, -0.05) is 50.1 Å². The van der Waals surface area contributed by atoms with E-state index in [-0.39, 0.29) is 17.7 Å². The van der Waals surface area contributed by atoms with Crippen molar-refractivity contribution in [2.45, 2.75) is 31.2 Å². The fourth-order valence-electron chi connectivity index (χ4n) is 3.13. The van der Waals surface area contributed by atoms with Gasteiger partial charge >= 0.3 is 12.4 Å². The van der Waals surface area contributed by atoms with Crippen LogP contribution in [-0.4, -0.2) is 37.3 Å². The molecule has 2 aromatic carbocycles. The molecule has 2 N–H and O–H groups in total. The van der Waals surface area contributed by atoms with Crippen molar-refractivity contribution in [3.8, 4) is 0 Å². The number of halogens is 9. The highest BCUT2D eigenvalue weighted by Crippen LogP contribution is 2.39. The number of alkyl halides is 7. The maximum Gasteiger partial charge on any atom is 0.417 e. The number of carbonyl (C=O) groups excluding carboxylic acids is 2. The number of hydrogen-bond donors (Lipinski definition) is 2. The van der Waals surface area contributed by atoms with Crippen molar-refractivity contribution >= 4 is 49.8 Å². The first kappa shape index (κ1) is 29.8. The average Bonchev–Trinajstić information content (AvgIpc) is 2.75. The molecule has 0 fully saturated rings. The minimum Gasteiger partial charge on any atom is -0.352 e. The summed E-state index contributed by atoms with van der Waals surface area (Å²) >= 11 is 6.22. The zero-order chi connectivity index (χ0) is 27.3. The molecule has 0 saturated heterocycles. The summed E-state index contributed by atoms with van der Waals surface area (Å²) in [6.07, 6.45) is -8.14. The standard InChI is InChI=1S/C23H19Br2F7N2O2/c1-12(20(35)33-7-6-26)34-21(36)17-4-2-13(8-19(17)23(30,31)32)3-5-18(22(27,28)29)14-9-15(24)11-16(25)10-14/h2-5,8-12,18H,6-7H2,1H3,(H,33,35)(H,34,36)/b5-3+/t12-,18?/m1/s1. The number of nitrogens with one attached hydrogen (secondary N) is 2. The lowest BCUT2D eigenvalue weighted by Crippen LogP contribution is -2.45. The minimum absolute atomic E-state index is 0.146. The summed E-state index contributed by atoms with van der Waals surface area (Å²) in [5, 5.41) is 4.23. The molecule has 196 valence electrons. The summed E-state index contributed by atoms with van der Waals surface area (Å²) < 4.78 is 95.1. The van der Waals surface area contributed by atoms with E-state index in [0.29, 0.717) is 15.0 Å². The molecule has 0 aliphatic carbocycles. The Kier molecular flexibility index (Phi) is 10.1. The summed E-state index contributed by atoms with van der Waals surface area (Å²) in [7, 11) is 0. The highest BCUT2D eigenvalue weighted by Gasteiger charge is 2.39. The van der Waals surface area contributed by atoms with Gasteiger partial charge in [0.1, 0.15) is 12.7 Å². The molecule has 0 bridgehead atoms. The first-order valence-electron chi connectivity index (χ1n) is 10.2. The lowest BCUT2D eigenvalue weighted by atomic mass is 9.96. The molecule has 0 spiro atoms. The topological polar surface area (TPSA) is 58.2 Å². The molecule has 1 unspecified atom stereocenters. The third-order valence-corrected chi connectivity index (χ3v) is 5.72. The van der Waals surface area contributed by atoms with Gasteiger partial charge in [-0.3, -0.25) is 9.59 Å². The molecule has 2 atom stereocenters. The average molecular weight is 648 g/mol. The zero-order valence-electron chi connectivity index (χ0n) is 18.4. The van der Waals surface area contributed by atoms with Crippen LogP contribution in [0.4, 0.5) is 30.7 Å². The van der Waals surface area contributed by atoms with E-state index in [0.717, 1.165) is 24.3 Å². The molecule has 2 aromatic rings. The van der Waals surface area contributed by atoms with E-state index in [4.69, 9.17) is 0 Å². The summed E-state index contributed by atoms with van der Waals surface area (Å²) in [5.74, 6) is -4.15. The molecule has 0 aliphatic heterocycles. The van der Waals surface area contributed by atoms with Crippen molar-refractivity contribution in [2.75, 3.05) is 13.2 Å². The van der Waals surface area contributed by atoms with Crippen LogP contribution in [0.3, 0.4) is 0 Å². The fraction of sp³-hybridized carbons (Fsp3) is 0.304. The van der Waals surface area contributed by atoms with Gasteiger partial charge in [-0.05, 0) is 48.4 Å². The Hall–Kier alpha value is -2.41. The monoisotopic (exact) mass is 646 g/mol. The van der Waals surface area contributed by atoms with Crippen LogP contribution in [0, 0.1) is 0 Å². The second-order valence-corrected chi connectivity index (χ2v) is 9.39. The number of hydrogen-bond acceptors (Lipinski definition) is 2. The van der Waals surface area contributed by atoms with Crippen LogP contribution in [-0.2, 0) is 11.0 Å². The SMILES string of the molecule is C[C@@H](NC(=O)c1ccc(/C=C/C(c2cc(Br)cc(Br)c2)C(F)(F)F)cc1C(F)(F)F)C(=O)NCCF. The largest absolute Gasteiger partial charge is 0.417 e. The summed E-state index contributed by atoms with van der Waals surface area (Å²) in [5.41, 5.74) is -2.59. The van der Waals surface area contributed by atoms with Crippen LogP contribution < -0.4 is 10.6 Å². The second kappa shape index (κ2) is 12.2. The maximum absolute atomic E-state index is 13.7. The Morgan fingerprint density at radius 2 is 1.61 bits per heavy atom. The number of allylic oxidation sites excluding steroid dienone is 1. The smallest absolute Gasteiger partial charge is 0.352 e. The van der Waals surface area contributed by atoms with Crippen molar-refractivity contribution in [1.82, 2.24) is 10.6 Å². The van der Waals surface area contributed by atoms with Crippen molar-refractivity contribution in [3.05, 3.63) is 73.7 Å². The number of carbonyl (C=O) groups is 2. The third-order valence-electron chi connectivity index (χ3n) is 4.81. The van der Waals surface area contributed by atoms with E-state index in [2.05, 4.69) is 42.5 Å². The highest BCUT2D eigenvalue weighted by atomic mass is 79.9. The quantitative estimate of drug-likeness (QED) is 0.310. The van der Waals surface area contributed by atoms with Gasteiger partial charge in [0, 0.05) is 15.5 Å². The summed E-state index contributed by atoms with van der Waals surface area (Å²) in [6.45, 7) is 0.00467. The number of amides is 2. The molecule has 0 aromatic heterocycles. The predicted octanol–water partition coefficient (Wildman–Crippen LogP) is 6.79. The first-order chi connectivity index (χ1) is 16.6. The highest BCUT2D eigenvalue weighted by molar-refractivity contribution is 9.11. The zero-order valence-corrected chi connectivity index (χ0v) is 21.6. The molecular weight excluding hydrogens is 629 g/mol. The van der Waals surface area contributed by atoms with E-state index >= 15 is 0 Å². The molecule has 0 saturated carbocycles. The van der Waals surface area contributed by atoms with Gasteiger partial charge in [-0.25, -0.2) is 4.39 Å². The maximum atomic E-state index is 13.7. The summed E-state index contributed by atoms with van der Waals surface area (Å²) in [6, 6.07) is 5.16. The summed E-state index contributed by atoms with van der Waals surface area (Å²) in [4.78, 5) is 24.2. The molecular formula is C23H19Br2F7N2O2. The van der Waals surface area contributed by atoms with Crippen LogP contribution in [0.5, 0.6) is 0 Å². The van der Waals surface area contributed by atoms with Gasteiger partial charge in [0.25, 0.3) is 5.91 Å². The molecule has 13 heteroatoms. The molecule has 36 heavy (non-hydrogen) atoms. The number of rotatable bonds is 8. The van der Waals surface area contributed by atoms with Crippen LogP contribution in [0.2, 0.25) is 0 Å². The normalized spacial score (nSPS) is 13.9. The molecule has 2 rings (SSSR count). The van der Waals surface area contributed by atoms with Crippen molar-refractivity contribution in [1.29, 1.82) is 0 Å². The van der Waals surface area contributed by atoms with Gasteiger partial charge in [0.15, 0.2) is 0 Å². The van der Waals surface area contributed by atoms with E-state index in [9.17, 15) is 40.3 Å².